The van der Waals surface area contributed by atoms with Crippen LogP contribution in [0.5, 0.6) is 5.75 Å². The van der Waals surface area contributed by atoms with Gasteiger partial charge in [-0.3, -0.25) is 4.79 Å². The van der Waals surface area contributed by atoms with Crippen LogP contribution in [0.3, 0.4) is 0 Å². The van der Waals surface area contributed by atoms with Crippen molar-refractivity contribution in [3.63, 3.8) is 0 Å². The van der Waals surface area contributed by atoms with E-state index in [1.54, 1.807) is 6.07 Å². The molecule has 0 bridgehead atoms. The molecule has 8 heteroatoms. The highest BCUT2D eigenvalue weighted by Crippen LogP contribution is 2.35. The third kappa shape index (κ3) is 5.90. The van der Waals surface area contributed by atoms with E-state index in [1.807, 2.05) is 30.3 Å². The van der Waals surface area contributed by atoms with Crippen LogP contribution in [0.1, 0.15) is 5.56 Å². The molecule has 0 aromatic heterocycles. The van der Waals surface area contributed by atoms with Crippen molar-refractivity contribution in [2.24, 2.45) is 0 Å². The summed E-state index contributed by atoms with van der Waals surface area (Å²) < 4.78 is 10.7. The smallest absolute Gasteiger partial charge is 0.328 e. The SMILES string of the molecule is COC(=O)C(Cc1ccccc1)NC(=O)COc1c(Cl)cc(Cl)cc1Br. The number of benzene rings is 2. The van der Waals surface area contributed by atoms with Gasteiger partial charge in [-0.2, -0.15) is 0 Å². The van der Waals surface area contributed by atoms with Crippen molar-refractivity contribution in [2.45, 2.75) is 12.5 Å². The fourth-order valence-corrected chi connectivity index (χ4v) is 3.59. The minimum absolute atomic E-state index is 0.269. The zero-order chi connectivity index (χ0) is 19.1. The van der Waals surface area contributed by atoms with Gasteiger partial charge < -0.3 is 14.8 Å². The first-order chi connectivity index (χ1) is 12.4. The lowest BCUT2D eigenvalue weighted by Crippen LogP contribution is -2.44. The van der Waals surface area contributed by atoms with E-state index in [0.717, 1.165) is 5.56 Å². The summed E-state index contributed by atoms with van der Waals surface area (Å²) in [5.41, 5.74) is 0.896. The minimum Gasteiger partial charge on any atom is -0.481 e. The molecule has 0 saturated carbocycles. The van der Waals surface area contributed by atoms with Gasteiger partial charge in [-0.25, -0.2) is 4.79 Å². The number of amides is 1. The van der Waals surface area contributed by atoms with E-state index in [0.29, 0.717) is 21.7 Å². The summed E-state index contributed by atoms with van der Waals surface area (Å²) >= 11 is 15.2. The molecule has 1 N–H and O–H groups in total. The first kappa shape index (κ1) is 20.6. The van der Waals surface area contributed by atoms with Gasteiger partial charge in [0.1, 0.15) is 6.04 Å². The van der Waals surface area contributed by atoms with Gasteiger partial charge in [0.15, 0.2) is 12.4 Å². The average Bonchev–Trinajstić information content (AvgIpc) is 2.60. The first-order valence-corrected chi connectivity index (χ1v) is 9.14. The largest absolute Gasteiger partial charge is 0.481 e. The highest BCUT2D eigenvalue weighted by Gasteiger charge is 2.22. The zero-order valence-corrected chi connectivity index (χ0v) is 16.9. The van der Waals surface area contributed by atoms with E-state index < -0.39 is 17.9 Å². The molecular weight excluding hydrogens is 445 g/mol. The van der Waals surface area contributed by atoms with Crippen molar-refractivity contribution < 1.29 is 19.1 Å². The van der Waals surface area contributed by atoms with E-state index in [1.165, 1.54) is 13.2 Å². The minimum atomic E-state index is -0.817. The highest BCUT2D eigenvalue weighted by atomic mass is 79.9. The van der Waals surface area contributed by atoms with Crippen molar-refractivity contribution in [3.05, 3.63) is 62.5 Å². The first-order valence-electron chi connectivity index (χ1n) is 7.59. The maximum absolute atomic E-state index is 12.2. The second kappa shape index (κ2) is 9.80. The molecule has 1 unspecified atom stereocenters. The van der Waals surface area contributed by atoms with Gasteiger partial charge in [-0.15, -0.1) is 0 Å². The Morgan fingerprint density at radius 1 is 1.19 bits per heavy atom. The molecule has 1 amide bonds. The number of hydrogen-bond donors (Lipinski definition) is 1. The Morgan fingerprint density at radius 2 is 1.88 bits per heavy atom. The molecule has 1 atom stereocenters. The third-order valence-electron chi connectivity index (χ3n) is 3.41. The number of carbonyl (C=O) groups excluding carboxylic acids is 2. The van der Waals surface area contributed by atoms with E-state index in [9.17, 15) is 9.59 Å². The molecule has 0 aliphatic heterocycles. The Morgan fingerprint density at radius 3 is 2.50 bits per heavy atom. The molecule has 26 heavy (non-hydrogen) atoms. The number of carbonyl (C=O) groups is 2. The summed E-state index contributed by atoms with van der Waals surface area (Å²) in [7, 11) is 1.27. The van der Waals surface area contributed by atoms with Crippen LogP contribution in [0.15, 0.2) is 46.9 Å². The maximum atomic E-state index is 12.2. The van der Waals surface area contributed by atoms with E-state index >= 15 is 0 Å². The maximum Gasteiger partial charge on any atom is 0.328 e. The summed E-state index contributed by atoms with van der Waals surface area (Å²) in [4.78, 5) is 24.1. The van der Waals surface area contributed by atoms with Gasteiger partial charge in [0.25, 0.3) is 5.91 Å². The Hall–Kier alpha value is -1.76. The number of rotatable bonds is 7. The Balaban J connectivity index is 2.00. The Bertz CT molecular complexity index is 763. The van der Waals surface area contributed by atoms with Crippen molar-refractivity contribution >= 4 is 51.0 Å². The standard InChI is InChI=1S/C18H16BrCl2NO4/c1-25-18(24)15(7-11-5-3-2-4-6-11)22-16(23)10-26-17-13(19)8-12(20)9-14(17)21/h2-6,8-9,15H,7,10H2,1H3,(H,22,23). The lowest BCUT2D eigenvalue weighted by Gasteiger charge is -2.17. The Labute approximate surface area is 169 Å². The summed E-state index contributed by atoms with van der Waals surface area (Å²) in [5.74, 6) is -0.717. The highest BCUT2D eigenvalue weighted by molar-refractivity contribution is 9.10. The predicted molar refractivity (Wildman–Crippen MR) is 104 cm³/mol. The fraction of sp³-hybridized carbons (Fsp3) is 0.222. The molecule has 5 nitrogen and oxygen atoms in total. The van der Waals surface area contributed by atoms with E-state index in [4.69, 9.17) is 32.7 Å². The second-order valence-electron chi connectivity index (χ2n) is 5.32. The quantitative estimate of drug-likeness (QED) is 0.633. The second-order valence-corrected chi connectivity index (χ2v) is 7.02. The van der Waals surface area contributed by atoms with Crippen LogP contribution in [-0.2, 0) is 20.7 Å². The number of ether oxygens (including phenoxy) is 2. The van der Waals surface area contributed by atoms with Crippen LogP contribution in [0.25, 0.3) is 0 Å². The van der Waals surface area contributed by atoms with E-state index in [2.05, 4.69) is 21.2 Å². The molecule has 138 valence electrons. The molecule has 0 saturated heterocycles. The van der Waals surface area contributed by atoms with Crippen molar-refractivity contribution in [2.75, 3.05) is 13.7 Å². The summed E-state index contributed by atoms with van der Waals surface area (Å²) in [6.45, 7) is -0.317. The van der Waals surface area contributed by atoms with Crippen molar-refractivity contribution in [1.29, 1.82) is 0 Å². The monoisotopic (exact) mass is 459 g/mol. The average molecular weight is 461 g/mol. The molecule has 0 aliphatic carbocycles. The lowest BCUT2D eigenvalue weighted by atomic mass is 10.1. The molecular formula is C18H16BrCl2NO4. The van der Waals surface area contributed by atoms with Gasteiger partial charge >= 0.3 is 5.97 Å². The topological polar surface area (TPSA) is 64.6 Å². The van der Waals surface area contributed by atoms with E-state index in [-0.39, 0.29) is 11.6 Å². The normalized spacial score (nSPS) is 11.5. The van der Waals surface area contributed by atoms with Crippen LogP contribution in [0.2, 0.25) is 10.0 Å². The molecule has 0 fully saturated rings. The van der Waals surface area contributed by atoms with Crippen LogP contribution >= 0.6 is 39.1 Å². The van der Waals surface area contributed by atoms with Gasteiger partial charge in [-0.05, 0) is 33.6 Å². The van der Waals surface area contributed by atoms with Crippen LogP contribution in [0.4, 0.5) is 0 Å². The third-order valence-corrected chi connectivity index (χ3v) is 4.50. The molecule has 0 radical (unpaired) electrons. The van der Waals surface area contributed by atoms with Crippen LogP contribution in [-0.4, -0.2) is 31.6 Å². The summed E-state index contributed by atoms with van der Waals surface area (Å²) in [6.07, 6.45) is 0.310. The van der Waals surface area contributed by atoms with Gasteiger partial charge in [0, 0.05) is 11.4 Å². The van der Waals surface area contributed by atoms with Crippen LogP contribution < -0.4 is 10.1 Å². The molecule has 0 spiro atoms. The fourth-order valence-electron chi connectivity index (χ4n) is 2.23. The van der Waals surface area contributed by atoms with Gasteiger partial charge in [-0.1, -0.05) is 53.5 Å². The number of esters is 1. The molecule has 2 aromatic carbocycles. The lowest BCUT2D eigenvalue weighted by molar-refractivity contribution is -0.145. The van der Waals surface area contributed by atoms with Crippen LogP contribution in [0, 0.1) is 0 Å². The molecule has 0 aliphatic rings. The van der Waals surface area contributed by atoms with Crippen molar-refractivity contribution in [1.82, 2.24) is 5.32 Å². The van der Waals surface area contributed by atoms with Gasteiger partial charge in [0.2, 0.25) is 0 Å². The molecule has 0 heterocycles. The number of methoxy groups -OCH3 is 1. The molecule has 2 aromatic rings. The predicted octanol–water partition coefficient (Wildman–Crippen LogP) is 4.04. The zero-order valence-electron chi connectivity index (χ0n) is 13.8. The van der Waals surface area contributed by atoms with Gasteiger partial charge in [0.05, 0.1) is 16.6 Å². The summed E-state index contributed by atoms with van der Waals surface area (Å²) in [6, 6.07) is 11.6. The number of nitrogens with one attached hydrogen (secondary N) is 1. The number of halogens is 3. The number of hydrogen-bond acceptors (Lipinski definition) is 4. The Kier molecular flexibility index (Phi) is 7.75. The van der Waals surface area contributed by atoms with Crippen molar-refractivity contribution in [3.8, 4) is 5.75 Å². The summed E-state index contributed by atoms with van der Waals surface area (Å²) in [5, 5.41) is 3.32. The molecule has 2 rings (SSSR count).